The molecule has 120 valence electrons. The van der Waals surface area contributed by atoms with Crippen molar-refractivity contribution in [2.75, 3.05) is 11.5 Å². The summed E-state index contributed by atoms with van der Waals surface area (Å²) in [6.45, 7) is 1.61. The Morgan fingerprint density at radius 3 is 2.29 bits per heavy atom. The van der Waals surface area contributed by atoms with Crippen LogP contribution < -0.4 is 10.6 Å². The molecular weight excluding hydrogens is 300 g/mol. The van der Waals surface area contributed by atoms with Crippen LogP contribution in [0, 0.1) is 5.92 Å². The van der Waals surface area contributed by atoms with Crippen molar-refractivity contribution in [2.24, 2.45) is 5.92 Å². The third-order valence-electron chi connectivity index (χ3n) is 3.20. The number of aliphatic carboxylic acids is 1. The van der Waals surface area contributed by atoms with Gasteiger partial charge >= 0.3 is 12.0 Å². The number of rotatable bonds is 5. The average molecular weight is 320 g/mol. The van der Waals surface area contributed by atoms with Gasteiger partial charge < -0.3 is 10.4 Å². The molecule has 1 fully saturated rings. The lowest BCUT2D eigenvalue weighted by Crippen LogP contribution is -2.47. The zero-order valence-corrected chi connectivity index (χ0v) is 12.6. The summed E-state index contributed by atoms with van der Waals surface area (Å²) in [4.78, 5) is 33.6. The highest BCUT2D eigenvalue weighted by Crippen LogP contribution is 2.12. The molecule has 0 aromatic carbocycles. The molecule has 3 N–H and O–H groups in total. The molecule has 0 saturated carbocycles. The zero-order valence-electron chi connectivity index (χ0n) is 11.8. The third-order valence-corrected chi connectivity index (χ3v) is 4.92. The minimum Gasteiger partial charge on any atom is -0.481 e. The Kier molecular flexibility index (Phi) is 6.13. The molecule has 1 aliphatic heterocycles. The van der Waals surface area contributed by atoms with Crippen LogP contribution >= 0.6 is 0 Å². The summed E-state index contributed by atoms with van der Waals surface area (Å²) in [5.74, 6) is -1.86. The second-order valence-corrected chi connectivity index (χ2v) is 7.66. The quantitative estimate of drug-likeness (QED) is 0.648. The number of carbonyl (C=O) groups is 3. The first kappa shape index (κ1) is 17.4. The molecule has 0 aromatic heterocycles. The molecule has 0 bridgehead atoms. The van der Waals surface area contributed by atoms with E-state index in [1.807, 2.05) is 0 Å². The van der Waals surface area contributed by atoms with Crippen LogP contribution in [-0.4, -0.2) is 49.0 Å². The minimum absolute atomic E-state index is 0.0293. The molecule has 0 aliphatic carbocycles. The van der Waals surface area contributed by atoms with E-state index in [9.17, 15) is 22.8 Å². The molecule has 21 heavy (non-hydrogen) atoms. The molecule has 8 nitrogen and oxygen atoms in total. The summed E-state index contributed by atoms with van der Waals surface area (Å²) in [7, 11) is -3.00. The van der Waals surface area contributed by atoms with E-state index in [1.165, 1.54) is 0 Å². The van der Waals surface area contributed by atoms with E-state index in [2.05, 4.69) is 10.6 Å². The molecule has 1 heterocycles. The standard InChI is InChI=1S/C12H20N2O6S/c1-8(7-11(16)17)6-10(15)14-12(18)13-9-2-4-21(19,20)5-3-9/h8-9H,2-7H2,1H3,(H,16,17)(H2,13,14,15,18). The van der Waals surface area contributed by atoms with Crippen molar-refractivity contribution in [3.8, 4) is 0 Å². The Bertz CT molecular complexity index is 502. The topological polar surface area (TPSA) is 130 Å². The summed E-state index contributed by atoms with van der Waals surface area (Å²) in [5, 5.41) is 13.2. The number of nitrogens with one attached hydrogen (secondary N) is 2. The lowest BCUT2D eigenvalue weighted by atomic mass is 10.0. The fourth-order valence-electron chi connectivity index (χ4n) is 2.12. The number of urea groups is 1. The molecule has 0 radical (unpaired) electrons. The van der Waals surface area contributed by atoms with Gasteiger partial charge in [0.05, 0.1) is 11.5 Å². The fraction of sp³-hybridized carbons (Fsp3) is 0.750. The lowest BCUT2D eigenvalue weighted by molar-refractivity contribution is -0.138. The van der Waals surface area contributed by atoms with Crippen LogP contribution in [0.1, 0.15) is 32.6 Å². The van der Waals surface area contributed by atoms with E-state index in [-0.39, 0.29) is 36.3 Å². The predicted octanol–water partition coefficient (Wildman–Crippen LogP) is -0.110. The van der Waals surface area contributed by atoms with Gasteiger partial charge in [-0.05, 0) is 18.8 Å². The fourth-order valence-corrected chi connectivity index (χ4v) is 3.61. The van der Waals surface area contributed by atoms with Gasteiger partial charge in [0.2, 0.25) is 5.91 Å². The predicted molar refractivity (Wildman–Crippen MR) is 74.4 cm³/mol. The van der Waals surface area contributed by atoms with Gasteiger partial charge in [-0.25, -0.2) is 13.2 Å². The number of carbonyl (C=O) groups excluding carboxylic acids is 2. The van der Waals surface area contributed by atoms with Crippen LogP contribution in [0.4, 0.5) is 4.79 Å². The van der Waals surface area contributed by atoms with Crippen molar-refractivity contribution in [3.05, 3.63) is 0 Å². The molecule has 3 amide bonds. The van der Waals surface area contributed by atoms with Gasteiger partial charge in [0, 0.05) is 18.9 Å². The van der Waals surface area contributed by atoms with Crippen molar-refractivity contribution in [1.29, 1.82) is 0 Å². The minimum atomic E-state index is -3.00. The Labute approximate surface area is 123 Å². The summed E-state index contributed by atoms with van der Waals surface area (Å²) >= 11 is 0. The van der Waals surface area contributed by atoms with E-state index < -0.39 is 27.7 Å². The van der Waals surface area contributed by atoms with E-state index in [4.69, 9.17) is 5.11 Å². The second-order valence-electron chi connectivity index (χ2n) is 5.35. The summed E-state index contributed by atoms with van der Waals surface area (Å²) < 4.78 is 22.5. The second kappa shape index (κ2) is 7.39. The zero-order chi connectivity index (χ0) is 16.0. The number of sulfone groups is 1. The molecule has 1 saturated heterocycles. The van der Waals surface area contributed by atoms with Crippen molar-refractivity contribution in [3.63, 3.8) is 0 Å². The first-order valence-electron chi connectivity index (χ1n) is 6.70. The number of hydrogen-bond acceptors (Lipinski definition) is 5. The van der Waals surface area contributed by atoms with Crippen LogP contribution in [0.5, 0.6) is 0 Å². The number of carboxylic acid groups (broad SMARTS) is 1. The van der Waals surface area contributed by atoms with Gasteiger partial charge in [-0.3, -0.25) is 14.9 Å². The maximum atomic E-state index is 11.6. The summed E-state index contributed by atoms with van der Waals surface area (Å²) in [5.41, 5.74) is 0. The van der Waals surface area contributed by atoms with Crippen LogP contribution in [0.2, 0.25) is 0 Å². The number of imide groups is 1. The van der Waals surface area contributed by atoms with Gasteiger partial charge in [-0.2, -0.15) is 0 Å². The summed E-state index contributed by atoms with van der Waals surface area (Å²) in [6.07, 6.45) is 0.465. The number of amides is 3. The van der Waals surface area contributed by atoms with Crippen LogP contribution in [0.15, 0.2) is 0 Å². The van der Waals surface area contributed by atoms with Gasteiger partial charge in [-0.1, -0.05) is 6.92 Å². The molecule has 0 spiro atoms. The Balaban J connectivity index is 2.30. The normalized spacial score (nSPS) is 19.5. The molecule has 1 unspecified atom stereocenters. The van der Waals surface area contributed by atoms with Crippen LogP contribution in [-0.2, 0) is 19.4 Å². The highest BCUT2D eigenvalue weighted by Gasteiger charge is 2.25. The van der Waals surface area contributed by atoms with Gasteiger partial charge in [0.25, 0.3) is 0 Å². The van der Waals surface area contributed by atoms with Crippen LogP contribution in [0.25, 0.3) is 0 Å². The monoisotopic (exact) mass is 320 g/mol. The number of carboxylic acids is 1. The average Bonchev–Trinajstić information content (AvgIpc) is 2.30. The van der Waals surface area contributed by atoms with Crippen LogP contribution in [0.3, 0.4) is 0 Å². The van der Waals surface area contributed by atoms with Crippen molar-refractivity contribution >= 4 is 27.7 Å². The van der Waals surface area contributed by atoms with Gasteiger partial charge in [0.1, 0.15) is 9.84 Å². The van der Waals surface area contributed by atoms with Crippen molar-refractivity contribution in [1.82, 2.24) is 10.6 Å². The van der Waals surface area contributed by atoms with E-state index in [0.717, 1.165) is 0 Å². The summed E-state index contributed by atoms with van der Waals surface area (Å²) in [6, 6.07) is -0.940. The molecular formula is C12H20N2O6S. The van der Waals surface area contributed by atoms with Crippen molar-refractivity contribution < 1.29 is 27.9 Å². The van der Waals surface area contributed by atoms with Gasteiger partial charge in [0.15, 0.2) is 0 Å². The van der Waals surface area contributed by atoms with Crippen molar-refractivity contribution in [2.45, 2.75) is 38.6 Å². The SMILES string of the molecule is CC(CC(=O)O)CC(=O)NC(=O)NC1CCS(=O)(=O)CC1. The van der Waals surface area contributed by atoms with Gasteiger partial charge in [-0.15, -0.1) is 0 Å². The first-order valence-corrected chi connectivity index (χ1v) is 8.52. The molecule has 1 aliphatic rings. The third kappa shape index (κ3) is 7.07. The highest BCUT2D eigenvalue weighted by molar-refractivity contribution is 7.91. The van der Waals surface area contributed by atoms with E-state index in [0.29, 0.717) is 12.8 Å². The lowest BCUT2D eigenvalue weighted by Gasteiger charge is -2.23. The Hall–Kier alpha value is -1.64. The smallest absolute Gasteiger partial charge is 0.321 e. The molecule has 1 atom stereocenters. The largest absolute Gasteiger partial charge is 0.481 e. The molecule has 1 rings (SSSR count). The van der Waals surface area contributed by atoms with E-state index >= 15 is 0 Å². The first-order chi connectivity index (χ1) is 9.68. The maximum Gasteiger partial charge on any atom is 0.321 e. The number of hydrogen-bond donors (Lipinski definition) is 3. The molecule has 0 aromatic rings. The molecule has 9 heteroatoms. The maximum absolute atomic E-state index is 11.6. The Morgan fingerprint density at radius 2 is 1.76 bits per heavy atom. The highest BCUT2D eigenvalue weighted by atomic mass is 32.2. The van der Waals surface area contributed by atoms with E-state index in [1.54, 1.807) is 6.92 Å². The Morgan fingerprint density at radius 1 is 1.19 bits per heavy atom.